The summed E-state index contributed by atoms with van der Waals surface area (Å²) >= 11 is 0. The predicted octanol–water partition coefficient (Wildman–Crippen LogP) is -2.30. The third kappa shape index (κ3) is 5.49. The molecule has 10 atom stereocenters. The number of fused-ring (bicyclic) bond motifs is 6. The zero-order chi connectivity index (χ0) is 32.5. The number of H-pyrrole nitrogens is 1. The Morgan fingerprint density at radius 1 is 0.870 bits per heavy atom. The second-order valence-electron chi connectivity index (χ2n) is 10.5. The molecule has 248 valence electrons. The molecule has 0 amide bonds. The molecule has 4 aromatic rings. The Kier molecular flexibility index (Phi) is 7.70. The van der Waals surface area contributed by atoms with E-state index in [2.05, 4.69) is 29.9 Å². The van der Waals surface area contributed by atoms with Gasteiger partial charge in [0.1, 0.15) is 54.8 Å². The van der Waals surface area contributed by atoms with Crippen LogP contribution in [0.4, 0.5) is 11.8 Å². The summed E-state index contributed by atoms with van der Waals surface area (Å²) in [5.41, 5.74) is 10.9. The fourth-order valence-electron chi connectivity index (χ4n) is 5.40. The highest BCUT2D eigenvalue weighted by atomic mass is 31.2. The van der Waals surface area contributed by atoms with Crippen LogP contribution in [0.5, 0.6) is 0 Å². The van der Waals surface area contributed by atoms with E-state index in [1.165, 1.54) is 17.2 Å². The lowest BCUT2D eigenvalue weighted by atomic mass is 10.1. The quantitative estimate of drug-likeness (QED) is 0.109. The number of nitrogens with one attached hydrogen (secondary N) is 1. The minimum atomic E-state index is -5.11. The van der Waals surface area contributed by atoms with Crippen LogP contribution in [-0.2, 0) is 36.9 Å². The molecule has 25 heteroatoms. The number of phosphoric acid groups is 1. The first kappa shape index (κ1) is 31.2. The maximum Gasteiger partial charge on any atom is 0.472 e. The molecule has 0 saturated carbocycles. The van der Waals surface area contributed by atoms with Crippen LogP contribution in [-0.4, -0.2) is 115 Å². The maximum absolute atomic E-state index is 13.2. The summed E-state index contributed by atoms with van der Waals surface area (Å²) in [7, 11) is -9.73. The van der Waals surface area contributed by atoms with Crippen molar-refractivity contribution in [2.75, 3.05) is 31.0 Å². The summed E-state index contributed by atoms with van der Waals surface area (Å²) < 4.78 is 61.8. The fourth-order valence-corrected chi connectivity index (χ4v) is 7.15. The minimum Gasteiger partial charge on any atom is -0.387 e. The average Bonchev–Trinajstić information content (AvgIpc) is 3.75. The van der Waals surface area contributed by atoms with E-state index in [9.17, 15) is 33.9 Å². The molecule has 3 saturated heterocycles. The van der Waals surface area contributed by atoms with Gasteiger partial charge in [-0.25, -0.2) is 24.5 Å². The number of nitrogens with two attached hydrogens (primary N) is 2. The molecule has 3 aliphatic rings. The molecule has 0 radical (unpaired) electrons. The van der Waals surface area contributed by atoms with Crippen LogP contribution in [0.3, 0.4) is 0 Å². The lowest BCUT2D eigenvalue weighted by Crippen LogP contribution is -2.36. The topological polar surface area (TPSA) is 330 Å². The number of hydrogen-bond donors (Lipinski definition) is 7. The zero-order valence-corrected chi connectivity index (χ0v) is 24.9. The monoisotopic (exact) mass is 688 g/mol. The van der Waals surface area contributed by atoms with Gasteiger partial charge in [0.05, 0.1) is 25.9 Å². The van der Waals surface area contributed by atoms with E-state index in [0.717, 1.165) is 10.9 Å². The lowest BCUT2D eigenvalue weighted by Gasteiger charge is -2.25. The molecule has 46 heavy (non-hydrogen) atoms. The van der Waals surface area contributed by atoms with Gasteiger partial charge in [0.15, 0.2) is 35.1 Å². The second-order valence-corrected chi connectivity index (χ2v) is 13.7. The molecule has 4 aromatic heterocycles. The predicted molar refractivity (Wildman–Crippen MR) is 148 cm³/mol. The Labute approximate surface area is 255 Å². The van der Waals surface area contributed by atoms with Gasteiger partial charge in [-0.05, 0) is 0 Å². The highest BCUT2D eigenvalue weighted by Crippen LogP contribution is 2.51. The van der Waals surface area contributed by atoms with Crippen molar-refractivity contribution in [3.63, 3.8) is 0 Å². The third-order valence-electron chi connectivity index (χ3n) is 7.54. The number of ether oxygens (including phenoxy) is 3. The smallest absolute Gasteiger partial charge is 0.387 e. The van der Waals surface area contributed by atoms with Crippen molar-refractivity contribution in [2.45, 2.75) is 49.1 Å². The van der Waals surface area contributed by atoms with Gasteiger partial charge in [0.2, 0.25) is 5.95 Å². The summed E-state index contributed by atoms with van der Waals surface area (Å²) in [5.74, 6) is -0.235. The molecular weight excluding hydrogens is 662 g/mol. The van der Waals surface area contributed by atoms with Crippen molar-refractivity contribution in [3.8, 4) is 0 Å². The zero-order valence-electron chi connectivity index (χ0n) is 23.1. The highest BCUT2D eigenvalue weighted by molar-refractivity contribution is 7.52. The van der Waals surface area contributed by atoms with Crippen molar-refractivity contribution >= 4 is 49.5 Å². The summed E-state index contributed by atoms with van der Waals surface area (Å²) in [6, 6.07) is 0. The molecule has 0 aliphatic carbocycles. The first-order valence-corrected chi connectivity index (χ1v) is 16.6. The average molecular weight is 688 g/mol. The molecule has 4 bridgehead atoms. The summed E-state index contributed by atoms with van der Waals surface area (Å²) in [5, 5.41) is 22.2. The normalized spacial score (nSPS) is 37.4. The van der Waals surface area contributed by atoms with Crippen LogP contribution in [0.2, 0.25) is 0 Å². The number of aliphatic hydroxyl groups is 2. The SMILES string of the molecule is Nc1nc2c(ncn2[C@@H]2O[C@@H]3COP(=O)(O)COC4[C@@H](O)[C@@H](COP(=O)(O)OC2[C@H]3O)O[C@H]4n2cnc3c(N)ncnc32)c(=O)[nH]1. The van der Waals surface area contributed by atoms with E-state index in [4.69, 9.17) is 39.2 Å². The first-order chi connectivity index (χ1) is 21.8. The Morgan fingerprint density at radius 2 is 1.50 bits per heavy atom. The fraction of sp³-hybridized carbons (Fsp3) is 0.524. The van der Waals surface area contributed by atoms with Crippen LogP contribution in [0.1, 0.15) is 12.5 Å². The van der Waals surface area contributed by atoms with Crippen molar-refractivity contribution in [1.82, 2.24) is 39.0 Å². The Morgan fingerprint density at radius 3 is 2.24 bits per heavy atom. The van der Waals surface area contributed by atoms with Crippen molar-refractivity contribution < 1.29 is 56.9 Å². The molecule has 23 nitrogen and oxygen atoms in total. The first-order valence-electron chi connectivity index (χ1n) is 13.4. The molecule has 0 aromatic carbocycles. The van der Waals surface area contributed by atoms with E-state index in [1.54, 1.807) is 0 Å². The molecule has 0 spiro atoms. The Hall–Kier alpha value is -3.44. The van der Waals surface area contributed by atoms with Gasteiger partial charge in [-0.15, -0.1) is 0 Å². The van der Waals surface area contributed by atoms with Gasteiger partial charge in [0, 0.05) is 0 Å². The van der Waals surface area contributed by atoms with Crippen molar-refractivity contribution in [3.05, 3.63) is 29.3 Å². The number of nitrogens with zero attached hydrogens (tertiary/aromatic N) is 7. The van der Waals surface area contributed by atoms with Gasteiger partial charge < -0.3 is 50.2 Å². The third-order valence-corrected chi connectivity index (χ3v) is 9.55. The van der Waals surface area contributed by atoms with Gasteiger partial charge in [-0.3, -0.25) is 32.5 Å². The molecular formula is C21H26N10O13P2. The van der Waals surface area contributed by atoms with Crippen molar-refractivity contribution in [2.24, 2.45) is 0 Å². The number of nitrogen functional groups attached to an aromatic ring is 2. The van der Waals surface area contributed by atoms with Crippen LogP contribution < -0.4 is 17.0 Å². The molecule has 4 unspecified atom stereocenters. The number of phosphoric ester groups is 1. The molecule has 9 N–H and O–H groups in total. The van der Waals surface area contributed by atoms with Gasteiger partial charge in [-0.2, -0.15) is 4.98 Å². The lowest BCUT2D eigenvalue weighted by molar-refractivity contribution is -0.0665. The van der Waals surface area contributed by atoms with Gasteiger partial charge >= 0.3 is 15.4 Å². The van der Waals surface area contributed by atoms with E-state index >= 15 is 0 Å². The van der Waals surface area contributed by atoms with E-state index in [0.29, 0.717) is 0 Å². The van der Waals surface area contributed by atoms with Gasteiger partial charge in [0.25, 0.3) is 5.56 Å². The minimum absolute atomic E-state index is 0.0489. The number of rotatable bonds is 2. The van der Waals surface area contributed by atoms with Crippen LogP contribution in [0.25, 0.3) is 22.3 Å². The number of aromatic amines is 1. The van der Waals surface area contributed by atoms with Gasteiger partial charge in [-0.1, -0.05) is 0 Å². The number of anilines is 2. The number of imidazole rings is 2. The number of aliphatic hydroxyl groups excluding tert-OH is 2. The number of aromatic nitrogens is 8. The maximum atomic E-state index is 13.2. The Bertz CT molecular complexity index is 1950. The van der Waals surface area contributed by atoms with Crippen LogP contribution >= 0.6 is 15.4 Å². The highest BCUT2D eigenvalue weighted by Gasteiger charge is 2.52. The van der Waals surface area contributed by atoms with E-state index < -0.39 is 89.6 Å². The molecule has 3 fully saturated rings. The van der Waals surface area contributed by atoms with E-state index in [1.807, 2.05) is 0 Å². The molecule has 7 heterocycles. The van der Waals surface area contributed by atoms with Crippen LogP contribution in [0.15, 0.2) is 23.8 Å². The molecule has 3 aliphatic heterocycles. The molecule has 7 rings (SSSR count). The Balaban J connectivity index is 1.21. The standard InChI is InChI=1S/C21H26N10O13P2/c22-15-9-16(25-3-24-15)30(4-26-9)19-13-11(32)8(42-19)2-41-46(37,38)44-14-12(33)7(1-40-45(35,36)6-39-13)43-20(14)31-5-27-10-17(31)28-21(23)29-18(10)34/h3-5,7-8,11-14,19-20,32-33H,1-2,6H2,(H,35,36)(H,37,38)(H2,22,24,25)(H3,23,28,29,34)/t7-,8-,11+,12+,13?,14?,19-,20-/m1/s1. The summed E-state index contributed by atoms with van der Waals surface area (Å²) in [6.07, 6.45) is -9.45. The second kappa shape index (κ2) is 11.4. The summed E-state index contributed by atoms with van der Waals surface area (Å²) in [6.45, 7) is -1.51. The summed E-state index contributed by atoms with van der Waals surface area (Å²) in [4.78, 5) is 56.0. The van der Waals surface area contributed by atoms with E-state index in [-0.39, 0.29) is 34.1 Å². The number of hydrogen-bond acceptors (Lipinski definition) is 18. The van der Waals surface area contributed by atoms with Crippen LogP contribution in [0, 0.1) is 0 Å². The largest absolute Gasteiger partial charge is 0.472 e. The van der Waals surface area contributed by atoms with Crippen molar-refractivity contribution in [1.29, 1.82) is 0 Å².